The summed E-state index contributed by atoms with van der Waals surface area (Å²) < 4.78 is 1.02. The van der Waals surface area contributed by atoms with Crippen molar-refractivity contribution in [2.75, 3.05) is 6.54 Å². The fraction of sp³-hybridized carbons (Fsp3) is 0.182. The van der Waals surface area contributed by atoms with Gasteiger partial charge in [-0.15, -0.1) is 0 Å². The van der Waals surface area contributed by atoms with Crippen LogP contribution >= 0.6 is 15.9 Å². The second-order valence-corrected chi connectivity index (χ2v) is 4.59. The molecule has 0 atom stereocenters. The number of fused-ring (bicyclic) bond motifs is 3. The van der Waals surface area contributed by atoms with Crippen molar-refractivity contribution in [3.63, 3.8) is 0 Å². The zero-order valence-electron chi connectivity index (χ0n) is 7.93. The molecule has 2 N–H and O–H groups in total. The normalized spacial score (nSPS) is 15.1. The Morgan fingerprint density at radius 3 is 3.07 bits per heavy atom. The van der Waals surface area contributed by atoms with E-state index in [9.17, 15) is 4.79 Å². The van der Waals surface area contributed by atoms with Gasteiger partial charge >= 0.3 is 0 Å². The van der Waals surface area contributed by atoms with E-state index in [0.29, 0.717) is 5.69 Å². The van der Waals surface area contributed by atoms with Gasteiger partial charge in [0.05, 0.1) is 0 Å². The maximum Gasteiger partial charge on any atom is 0.268 e. The Morgan fingerprint density at radius 1 is 1.33 bits per heavy atom. The molecule has 3 nitrogen and oxygen atoms in total. The lowest BCUT2D eigenvalue weighted by Crippen LogP contribution is -2.31. The number of hydrogen-bond acceptors (Lipinski definition) is 1. The number of halogens is 1. The molecule has 0 saturated carbocycles. The molecule has 2 heterocycles. The molecular weight excluding hydrogens is 256 g/mol. The van der Waals surface area contributed by atoms with Gasteiger partial charge in [-0.3, -0.25) is 4.79 Å². The molecule has 1 amide bonds. The van der Waals surface area contributed by atoms with Gasteiger partial charge in [0.25, 0.3) is 5.91 Å². The molecule has 0 radical (unpaired) electrons. The minimum atomic E-state index is 0.00331. The van der Waals surface area contributed by atoms with E-state index in [1.165, 1.54) is 0 Å². The largest absolute Gasteiger partial charge is 0.350 e. The standard InChI is InChI=1S/C11H9BrN2O/c12-6-1-2-7-8-3-4-13-11(15)10(8)14-9(7)5-6/h1-2,5,14H,3-4H2,(H,13,15). The molecule has 0 fully saturated rings. The van der Waals surface area contributed by atoms with Gasteiger partial charge in [-0.05, 0) is 24.1 Å². The summed E-state index contributed by atoms with van der Waals surface area (Å²) in [7, 11) is 0. The topological polar surface area (TPSA) is 44.9 Å². The first kappa shape index (κ1) is 8.97. The third kappa shape index (κ3) is 1.28. The molecule has 76 valence electrons. The molecule has 0 aliphatic carbocycles. The Balaban J connectivity index is 2.35. The van der Waals surface area contributed by atoms with Crippen LogP contribution in [0.2, 0.25) is 0 Å². The molecule has 0 bridgehead atoms. The van der Waals surface area contributed by atoms with E-state index < -0.39 is 0 Å². The number of hydrogen-bond donors (Lipinski definition) is 2. The Bertz CT molecular complexity index is 559. The highest BCUT2D eigenvalue weighted by molar-refractivity contribution is 9.10. The maximum absolute atomic E-state index is 11.6. The molecule has 1 aromatic heterocycles. The van der Waals surface area contributed by atoms with Crippen molar-refractivity contribution in [3.05, 3.63) is 33.9 Å². The van der Waals surface area contributed by atoms with Crippen LogP contribution < -0.4 is 5.32 Å². The minimum absolute atomic E-state index is 0.00331. The van der Waals surface area contributed by atoms with E-state index in [-0.39, 0.29) is 5.91 Å². The summed E-state index contributed by atoms with van der Waals surface area (Å²) in [5.74, 6) is 0.00331. The van der Waals surface area contributed by atoms with E-state index in [0.717, 1.165) is 33.9 Å². The third-order valence-electron chi connectivity index (χ3n) is 2.76. The quantitative estimate of drug-likeness (QED) is 0.753. The summed E-state index contributed by atoms with van der Waals surface area (Å²) in [4.78, 5) is 14.8. The summed E-state index contributed by atoms with van der Waals surface area (Å²) >= 11 is 3.42. The summed E-state index contributed by atoms with van der Waals surface area (Å²) in [6.45, 7) is 0.731. The molecule has 15 heavy (non-hydrogen) atoms. The second-order valence-electron chi connectivity index (χ2n) is 3.67. The Labute approximate surface area is 95.0 Å². The van der Waals surface area contributed by atoms with Crippen molar-refractivity contribution in [1.82, 2.24) is 10.3 Å². The number of rotatable bonds is 0. The zero-order chi connectivity index (χ0) is 10.4. The van der Waals surface area contributed by atoms with E-state index in [1.807, 2.05) is 18.2 Å². The van der Waals surface area contributed by atoms with E-state index in [4.69, 9.17) is 0 Å². The molecule has 0 unspecified atom stereocenters. The lowest BCUT2D eigenvalue weighted by Gasteiger charge is -2.11. The highest BCUT2D eigenvalue weighted by Gasteiger charge is 2.21. The lowest BCUT2D eigenvalue weighted by atomic mass is 10.0. The SMILES string of the molecule is O=C1NCCc2c1[nH]c1cc(Br)ccc21. The van der Waals surface area contributed by atoms with E-state index >= 15 is 0 Å². The Kier molecular flexibility index (Phi) is 1.85. The summed E-state index contributed by atoms with van der Waals surface area (Å²) in [6.07, 6.45) is 0.905. The Morgan fingerprint density at radius 2 is 2.20 bits per heavy atom. The predicted octanol–water partition coefficient (Wildman–Crippen LogP) is 2.22. The number of aromatic amines is 1. The predicted molar refractivity (Wildman–Crippen MR) is 62.0 cm³/mol. The van der Waals surface area contributed by atoms with Crippen LogP contribution in [-0.2, 0) is 6.42 Å². The molecule has 1 aliphatic rings. The fourth-order valence-electron chi connectivity index (χ4n) is 2.07. The zero-order valence-corrected chi connectivity index (χ0v) is 9.52. The highest BCUT2D eigenvalue weighted by atomic mass is 79.9. The molecule has 1 aliphatic heterocycles. The van der Waals surface area contributed by atoms with Gasteiger partial charge in [0, 0.05) is 21.9 Å². The number of carbonyl (C=O) groups excluding carboxylic acids is 1. The van der Waals surface area contributed by atoms with Crippen molar-refractivity contribution >= 4 is 32.7 Å². The van der Waals surface area contributed by atoms with Crippen LogP contribution in [0, 0.1) is 0 Å². The van der Waals surface area contributed by atoms with Crippen LogP contribution in [0.3, 0.4) is 0 Å². The number of amides is 1. The van der Waals surface area contributed by atoms with Crippen LogP contribution in [-0.4, -0.2) is 17.4 Å². The number of carbonyl (C=O) groups is 1. The van der Waals surface area contributed by atoms with E-state index in [2.05, 4.69) is 26.2 Å². The second kappa shape index (κ2) is 3.10. The van der Waals surface area contributed by atoms with E-state index in [1.54, 1.807) is 0 Å². The molecule has 0 saturated heterocycles. The maximum atomic E-state index is 11.6. The molecular formula is C11H9BrN2O. The van der Waals surface area contributed by atoms with Gasteiger partial charge in [-0.2, -0.15) is 0 Å². The van der Waals surface area contributed by atoms with Crippen molar-refractivity contribution in [1.29, 1.82) is 0 Å². The summed E-state index contributed by atoms with van der Waals surface area (Å²) in [6, 6.07) is 6.05. The van der Waals surface area contributed by atoms with Crippen molar-refractivity contribution in [3.8, 4) is 0 Å². The van der Waals surface area contributed by atoms with Crippen LogP contribution in [0.15, 0.2) is 22.7 Å². The van der Waals surface area contributed by atoms with Gasteiger partial charge in [0.1, 0.15) is 5.69 Å². The van der Waals surface area contributed by atoms with Gasteiger partial charge in [0.15, 0.2) is 0 Å². The molecule has 4 heteroatoms. The van der Waals surface area contributed by atoms with Crippen LogP contribution in [0.1, 0.15) is 16.1 Å². The van der Waals surface area contributed by atoms with Crippen molar-refractivity contribution in [2.24, 2.45) is 0 Å². The number of nitrogens with one attached hydrogen (secondary N) is 2. The van der Waals surface area contributed by atoms with Gasteiger partial charge in [-0.1, -0.05) is 22.0 Å². The first-order valence-electron chi connectivity index (χ1n) is 4.84. The van der Waals surface area contributed by atoms with Crippen LogP contribution in [0.25, 0.3) is 10.9 Å². The summed E-state index contributed by atoms with van der Waals surface area (Å²) in [5, 5.41) is 3.99. The first-order chi connectivity index (χ1) is 7.25. The number of H-pyrrole nitrogens is 1. The minimum Gasteiger partial charge on any atom is -0.350 e. The Hall–Kier alpha value is -1.29. The lowest BCUT2D eigenvalue weighted by molar-refractivity contribution is 0.0942. The van der Waals surface area contributed by atoms with Gasteiger partial charge in [-0.25, -0.2) is 0 Å². The molecule has 1 aromatic carbocycles. The fourth-order valence-corrected chi connectivity index (χ4v) is 2.43. The van der Waals surface area contributed by atoms with Crippen molar-refractivity contribution in [2.45, 2.75) is 6.42 Å². The molecule has 2 aromatic rings. The average molecular weight is 265 g/mol. The number of aromatic nitrogens is 1. The monoisotopic (exact) mass is 264 g/mol. The molecule has 0 spiro atoms. The third-order valence-corrected chi connectivity index (χ3v) is 3.25. The van der Waals surface area contributed by atoms with Gasteiger partial charge in [0.2, 0.25) is 0 Å². The summed E-state index contributed by atoms with van der Waals surface area (Å²) in [5.41, 5.74) is 2.88. The molecule has 3 rings (SSSR count). The van der Waals surface area contributed by atoms with Gasteiger partial charge < -0.3 is 10.3 Å². The van der Waals surface area contributed by atoms with Crippen LogP contribution in [0.5, 0.6) is 0 Å². The van der Waals surface area contributed by atoms with Crippen LogP contribution in [0.4, 0.5) is 0 Å². The van der Waals surface area contributed by atoms with Crippen molar-refractivity contribution < 1.29 is 4.79 Å². The highest BCUT2D eigenvalue weighted by Crippen LogP contribution is 2.27. The first-order valence-corrected chi connectivity index (χ1v) is 5.63. The number of benzene rings is 1. The smallest absolute Gasteiger partial charge is 0.268 e. The average Bonchev–Trinajstić information content (AvgIpc) is 2.57.